The highest BCUT2D eigenvalue weighted by atomic mass is 35.5. The molecule has 0 unspecified atom stereocenters. The number of methoxy groups -OCH3 is 2. The third-order valence-electron chi connectivity index (χ3n) is 8.59. The minimum atomic E-state index is -4.01. The van der Waals surface area contributed by atoms with E-state index < -0.39 is 22.0 Å². The fourth-order valence-electron chi connectivity index (χ4n) is 6.27. The standard InChI is InChI=1S/C35H39ClN2O6S/c1-23-32(43-2)18-28(19-33(23)44-3)35(40)29(17-25-15-26-7-4-5-8-27(26)16-25)22-38-14-13-24(21-38)11-12-34(39)37-45(41,42)31-10-6-9-30(36)20-31/h4-10,13-14,18-21,25,29,35,40H,11-12,15-17,22H2,1-3H3,(H,37,39)/t29-,35+/m0/s1. The van der Waals surface area contributed by atoms with Crippen molar-refractivity contribution in [2.24, 2.45) is 11.8 Å². The van der Waals surface area contributed by atoms with Gasteiger partial charge in [-0.2, -0.15) is 0 Å². The predicted octanol–water partition coefficient (Wildman–Crippen LogP) is 6.06. The van der Waals surface area contributed by atoms with E-state index in [4.69, 9.17) is 21.1 Å². The molecule has 1 aromatic heterocycles. The maximum atomic E-state index is 12.6. The van der Waals surface area contributed by atoms with Gasteiger partial charge in [0.05, 0.1) is 25.2 Å². The molecule has 2 atom stereocenters. The molecular weight excluding hydrogens is 612 g/mol. The Morgan fingerprint density at radius 2 is 1.69 bits per heavy atom. The zero-order valence-electron chi connectivity index (χ0n) is 25.7. The van der Waals surface area contributed by atoms with Crippen LogP contribution < -0.4 is 14.2 Å². The lowest BCUT2D eigenvalue weighted by molar-refractivity contribution is -0.119. The Kier molecular flexibility index (Phi) is 10.2. The number of hydrogen-bond acceptors (Lipinski definition) is 6. The summed E-state index contributed by atoms with van der Waals surface area (Å²) >= 11 is 5.92. The van der Waals surface area contributed by atoms with E-state index in [1.807, 2.05) is 42.1 Å². The number of aliphatic hydroxyl groups excluding tert-OH is 1. The molecule has 0 aliphatic heterocycles. The molecule has 0 saturated carbocycles. The molecule has 1 aliphatic carbocycles. The third-order valence-corrected chi connectivity index (χ3v) is 10.2. The molecule has 4 aromatic rings. The highest BCUT2D eigenvalue weighted by Crippen LogP contribution is 2.39. The Morgan fingerprint density at radius 1 is 1.02 bits per heavy atom. The van der Waals surface area contributed by atoms with Crippen molar-refractivity contribution in [2.75, 3.05) is 14.2 Å². The van der Waals surface area contributed by atoms with Gasteiger partial charge in [0.1, 0.15) is 11.5 Å². The number of aliphatic hydroxyl groups is 1. The molecule has 5 rings (SSSR count). The number of ether oxygens (including phenoxy) is 2. The summed E-state index contributed by atoms with van der Waals surface area (Å²) in [4.78, 5) is 12.5. The molecule has 0 bridgehead atoms. The van der Waals surface area contributed by atoms with Crippen molar-refractivity contribution in [2.45, 2.75) is 56.6 Å². The van der Waals surface area contributed by atoms with Gasteiger partial charge in [-0.3, -0.25) is 4.79 Å². The van der Waals surface area contributed by atoms with Crippen molar-refractivity contribution in [3.05, 3.63) is 112 Å². The summed E-state index contributed by atoms with van der Waals surface area (Å²) in [6, 6.07) is 20.0. The highest BCUT2D eigenvalue weighted by molar-refractivity contribution is 7.90. The summed E-state index contributed by atoms with van der Waals surface area (Å²) in [5.74, 6) is 1.01. The van der Waals surface area contributed by atoms with E-state index in [1.54, 1.807) is 20.3 Å². The summed E-state index contributed by atoms with van der Waals surface area (Å²) in [7, 11) is -0.791. The van der Waals surface area contributed by atoms with Crippen molar-refractivity contribution < 1.29 is 27.8 Å². The summed E-state index contributed by atoms with van der Waals surface area (Å²) in [5.41, 5.74) is 5.24. The normalized spacial score (nSPS) is 14.5. The topological polar surface area (TPSA) is 107 Å². The van der Waals surface area contributed by atoms with Crippen LogP contribution in [0.2, 0.25) is 5.02 Å². The average Bonchev–Trinajstić information content (AvgIpc) is 3.65. The molecular formula is C35H39ClN2O6S. The van der Waals surface area contributed by atoms with Crippen LogP contribution in [0, 0.1) is 18.8 Å². The number of halogens is 1. The van der Waals surface area contributed by atoms with Crippen LogP contribution >= 0.6 is 11.6 Å². The van der Waals surface area contributed by atoms with Crippen molar-refractivity contribution in [3.63, 3.8) is 0 Å². The highest BCUT2D eigenvalue weighted by Gasteiger charge is 2.30. The van der Waals surface area contributed by atoms with Crippen molar-refractivity contribution in [1.29, 1.82) is 0 Å². The number of carbonyl (C=O) groups is 1. The summed E-state index contributed by atoms with van der Waals surface area (Å²) in [6.07, 6.45) is 6.25. The average molecular weight is 651 g/mol. The van der Waals surface area contributed by atoms with Crippen LogP contribution in [0.1, 0.15) is 46.8 Å². The maximum absolute atomic E-state index is 12.6. The van der Waals surface area contributed by atoms with Gasteiger partial charge < -0.3 is 19.1 Å². The van der Waals surface area contributed by atoms with E-state index in [-0.39, 0.29) is 22.3 Å². The van der Waals surface area contributed by atoms with E-state index in [2.05, 4.69) is 29.0 Å². The number of fused-ring (bicyclic) bond motifs is 1. The van der Waals surface area contributed by atoms with Gasteiger partial charge in [0, 0.05) is 41.9 Å². The first kappa shape index (κ1) is 32.6. The van der Waals surface area contributed by atoms with Crippen molar-refractivity contribution in [1.82, 2.24) is 9.29 Å². The fraction of sp³-hybridized carbons (Fsp3) is 0.343. The molecule has 0 spiro atoms. The molecule has 0 radical (unpaired) electrons. The Balaban J connectivity index is 1.29. The smallest absolute Gasteiger partial charge is 0.264 e. The number of nitrogens with zero attached hydrogens (tertiary/aromatic N) is 1. The Morgan fingerprint density at radius 3 is 2.31 bits per heavy atom. The number of carbonyl (C=O) groups excluding carboxylic acids is 1. The molecule has 0 saturated heterocycles. The number of rotatable bonds is 13. The first-order chi connectivity index (χ1) is 21.6. The van der Waals surface area contributed by atoms with E-state index in [0.29, 0.717) is 30.4 Å². The number of aryl methyl sites for hydroxylation is 1. The lowest BCUT2D eigenvalue weighted by Gasteiger charge is -2.27. The zero-order chi connectivity index (χ0) is 32.1. The third kappa shape index (κ3) is 7.90. The molecule has 8 nitrogen and oxygen atoms in total. The second-order valence-electron chi connectivity index (χ2n) is 11.7. The van der Waals surface area contributed by atoms with Crippen molar-refractivity contribution >= 4 is 27.5 Å². The molecule has 0 fully saturated rings. The maximum Gasteiger partial charge on any atom is 0.264 e. The largest absolute Gasteiger partial charge is 0.496 e. The van der Waals surface area contributed by atoms with Crippen LogP contribution in [-0.4, -0.2) is 38.2 Å². The molecule has 45 heavy (non-hydrogen) atoms. The number of benzene rings is 3. The molecule has 1 amide bonds. The lowest BCUT2D eigenvalue weighted by atomic mass is 9.85. The fourth-order valence-corrected chi connectivity index (χ4v) is 7.59. The van der Waals surface area contributed by atoms with E-state index in [0.717, 1.165) is 36.0 Å². The van der Waals surface area contributed by atoms with Gasteiger partial charge in [0.15, 0.2) is 0 Å². The first-order valence-electron chi connectivity index (χ1n) is 15.0. The van der Waals surface area contributed by atoms with Gasteiger partial charge in [0.2, 0.25) is 5.91 Å². The zero-order valence-corrected chi connectivity index (χ0v) is 27.3. The second-order valence-corrected chi connectivity index (χ2v) is 13.9. The predicted molar refractivity (Wildman–Crippen MR) is 174 cm³/mol. The number of sulfonamides is 1. The van der Waals surface area contributed by atoms with E-state index in [9.17, 15) is 18.3 Å². The number of nitrogens with one attached hydrogen (secondary N) is 1. The van der Waals surface area contributed by atoms with E-state index in [1.165, 1.54) is 29.3 Å². The Hall–Kier alpha value is -3.79. The Bertz CT molecular complexity index is 1720. The number of hydrogen-bond donors (Lipinski definition) is 2. The van der Waals surface area contributed by atoms with Gasteiger partial charge in [-0.15, -0.1) is 0 Å². The second kappa shape index (κ2) is 14.1. The van der Waals surface area contributed by atoms with Gasteiger partial charge in [-0.05, 0) is 97.2 Å². The van der Waals surface area contributed by atoms with Crippen LogP contribution in [0.15, 0.2) is 84.0 Å². The minimum Gasteiger partial charge on any atom is -0.496 e. The van der Waals surface area contributed by atoms with Gasteiger partial charge in [-0.25, -0.2) is 13.1 Å². The van der Waals surface area contributed by atoms with E-state index >= 15 is 0 Å². The van der Waals surface area contributed by atoms with Crippen molar-refractivity contribution in [3.8, 4) is 11.5 Å². The SMILES string of the molecule is COc1cc([C@@H](O)[C@@H](CC2Cc3ccccc3C2)Cn2ccc(CCC(=O)NS(=O)(=O)c3cccc(Cl)c3)c2)cc(OC)c1C. The summed E-state index contributed by atoms with van der Waals surface area (Å²) < 4.78 is 40.5. The quantitative estimate of drug-likeness (QED) is 0.182. The lowest BCUT2D eigenvalue weighted by Crippen LogP contribution is -2.30. The Labute approximate surface area is 270 Å². The van der Waals surface area contributed by atoms with Crippen LogP contribution in [0.5, 0.6) is 11.5 Å². The summed E-state index contributed by atoms with van der Waals surface area (Å²) in [6.45, 7) is 2.48. The summed E-state index contributed by atoms with van der Waals surface area (Å²) in [5, 5.41) is 12.1. The van der Waals surface area contributed by atoms with Crippen LogP contribution in [0.3, 0.4) is 0 Å². The number of aromatic nitrogens is 1. The molecule has 1 heterocycles. The molecule has 1 aliphatic rings. The molecule has 238 valence electrons. The van der Waals surface area contributed by atoms with Crippen LogP contribution in [0.4, 0.5) is 0 Å². The monoisotopic (exact) mass is 650 g/mol. The van der Waals surface area contributed by atoms with Gasteiger partial charge in [-0.1, -0.05) is 41.9 Å². The van der Waals surface area contributed by atoms with Gasteiger partial charge >= 0.3 is 0 Å². The molecule has 2 N–H and O–H groups in total. The molecule has 10 heteroatoms. The first-order valence-corrected chi connectivity index (χ1v) is 16.9. The minimum absolute atomic E-state index is 0.000842. The van der Waals surface area contributed by atoms with Crippen LogP contribution in [-0.2, 0) is 40.6 Å². The van der Waals surface area contributed by atoms with Gasteiger partial charge in [0.25, 0.3) is 10.0 Å². The van der Waals surface area contributed by atoms with Crippen LogP contribution in [0.25, 0.3) is 0 Å². The molecule has 3 aromatic carbocycles. The number of amides is 1.